The summed E-state index contributed by atoms with van der Waals surface area (Å²) in [6, 6.07) is 16.0. The standard InChI is InChI=1S/C21H23ClN2/c22-14-5-6-17-18-12-21(20(17)11-14,19-4-2-1-3-16(18)19)13-24-9-7-15(23)8-10-24/h1-6,11,15,18H,7-10,12-13,23H2/t18-,21-/m0/s1. The average molecular weight is 339 g/mol. The van der Waals surface area contributed by atoms with Crippen molar-refractivity contribution in [2.24, 2.45) is 5.73 Å². The van der Waals surface area contributed by atoms with E-state index in [1.807, 2.05) is 0 Å². The van der Waals surface area contributed by atoms with Gasteiger partial charge in [-0.2, -0.15) is 0 Å². The van der Waals surface area contributed by atoms with Crippen LogP contribution in [0.1, 0.15) is 47.4 Å². The van der Waals surface area contributed by atoms with E-state index < -0.39 is 0 Å². The summed E-state index contributed by atoms with van der Waals surface area (Å²) in [5, 5.41) is 0.860. The lowest BCUT2D eigenvalue weighted by Gasteiger charge is -2.39. The first-order valence-corrected chi connectivity index (χ1v) is 9.42. The predicted octanol–water partition coefficient (Wildman–Crippen LogP) is 3.90. The Hall–Kier alpha value is -1.35. The second kappa shape index (κ2) is 5.32. The van der Waals surface area contributed by atoms with Crippen LogP contribution in [0.2, 0.25) is 5.02 Å². The normalized spacial score (nSPS) is 28.8. The third-order valence-corrected chi connectivity index (χ3v) is 6.67. The molecule has 2 aromatic rings. The molecule has 0 aromatic heterocycles. The molecule has 2 aromatic carbocycles. The second-order valence-corrected chi connectivity index (χ2v) is 8.21. The molecule has 0 amide bonds. The van der Waals surface area contributed by atoms with Crippen molar-refractivity contribution in [3.63, 3.8) is 0 Å². The minimum absolute atomic E-state index is 0.114. The first kappa shape index (κ1) is 14.9. The van der Waals surface area contributed by atoms with Crippen molar-refractivity contribution < 1.29 is 0 Å². The lowest BCUT2D eigenvalue weighted by Crippen LogP contribution is -2.46. The number of nitrogens with two attached hydrogens (primary N) is 1. The number of rotatable bonds is 2. The number of halogens is 1. The number of likely N-dealkylation sites (tertiary alicyclic amines) is 1. The molecule has 1 aliphatic heterocycles. The van der Waals surface area contributed by atoms with Gasteiger partial charge in [-0.1, -0.05) is 41.9 Å². The van der Waals surface area contributed by atoms with Crippen LogP contribution in [0, 0.1) is 0 Å². The zero-order valence-corrected chi connectivity index (χ0v) is 14.6. The molecular weight excluding hydrogens is 316 g/mol. The van der Waals surface area contributed by atoms with E-state index in [-0.39, 0.29) is 5.41 Å². The molecule has 124 valence electrons. The Bertz CT molecular complexity index is 794. The SMILES string of the molecule is NC1CCN(C[C@@]23C[C@@H](c4ccccc42)c2ccc(Cl)cc23)CC1. The van der Waals surface area contributed by atoms with Crippen LogP contribution in [-0.4, -0.2) is 30.6 Å². The number of nitrogens with zero attached hydrogens (tertiary/aromatic N) is 1. The third-order valence-electron chi connectivity index (χ3n) is 6.44. The maximum atomic E-state index is 6.38. The van der Waals surface area contributed by atoms with E-state index in [9.17, 15) is 0 Å². The van der Waals surface area contributed by atoms with Gasteiger partial charge in [0.1, 0.15) is 0 Å². The number of fused-ring (bicyclic) bond motifs is 8. The van der Waals surface area contributed by atoms with Crippen LogP contribution >= 0.6 is 11.6 Å². The zero-order chi connectivity index (χ0) is 16.3. The maximum Gasteiger partial charge on any atom is 0.0409 e. The van der Waals surface area contributed by atoms with Gasteiger partial charge in [0.05, 0.1) is 0 Å². The molecule has 0 unspecified atom stereocenters. The molecule has 0 radical (unpaired) electrons. The van der Waals surface area contributed by atoms with Crippen molar-refractivity contribution in [2.45, 2.75) is 36.6 Å². The highest BCUT2D eigenvalue weighted by Gasteiger charge is 2.53. The topological polar surface area (TPSA) is 29.3 Å². The fourth-order valence-electron chi connectivity index (χ4n) is 5.31. The predicted molar refractivity (Wildman–Crippen MR) is 98.8 cm³/mol. The smallest absolute Gasteiger partial charge is 0.0409 e. The number of benzene rings is 2. The number of hydrogen-bond donors (Lipinski definition) is 1. The molecule has 1 heterocycles. The van der Waals surface area contributed by atoms with Crippen molar-refractivity contribution >= 4 is 11.6 Å². The van der Waals surface area contributed by atoms with Gasteiger partial charge in [0.25, 0.3) is 0 Å². The molecular formula is C21H23ClN2. The maximum absolute atomic E-state index is 6.38. The van der Waals surface area contributed by atoms with Crippen LogP contribution < -0.4 is 5.73 Å². The molecule has 1 fully saturated rings. The van der Waals surface area contributed by atoms with E-state index in [0.29, 0.717) is 12.0 Å². The lowest BCUT2D eigenvalue weighted by molar-refractivity contribution is 0.181. The molecule has 2 nitrogen and oxygen atoms in total. The quantitative estimate of drug-likeness (QED) is 0.899. The molecule has 0 spiro atoms. The summed E-state index contributed by atoms with van der Waals surface area (Å²) in [7, 11) is 0. The Morgan fingerprint density at radius 2 is 1.79 bits per heavy atom. The fourth-order valence-corrected chi connectivity index (χ4v) is 5.48. The van der Waals surface area contributed by atoms with Crippen LogP contribution in [0.15, 0.2) is 42.5 Å². The summed E-state index contributed by atoms with van der Waals surface area (Å²) in [6.07, 6.45) is 3.43. The zero-order valence-electron chi connectivity index (χ0n) is 13.8. The Balaban J connectivity index is 1.60. The van der Waals surface area contributed by atoms with Crippen molar-refractivity contribution in [2.75, 3.05) is 19.6 Å². The van der Waals surface area contributed by atoms with Gasteiger partial charge in [-0.05, 0) is 66.7 Å². The van der Waals surface area contributed by atoms with Gasteiger partial charge in [-0.15, -0.1) is 0 Å². The summed E-state index contributed by atoms with van der Waals surface area (Å²) < 4.78 is 0. The van der Waals surface area contributed by atoms with Gasteiger partial charge < -0.3 is 10.6 Å². The Morgan fingerprint density at radius 1 is 1.04 bits per heavy atom. The van der Waals surface area contributed by atoms with Crippen molar-refractivity contribution in [3.05, 3.63) is 69.7 Å². The van der Waals surface area contributed by atoms with Gasteiger partial charge >= 0.3 is 0 Å². The second-order valence-electron chi connectivity index (χ2n) is 7.77. The summed E-state index contributed by atoms with van der Waals surface area (Å²) in [5.41, 5.74) is 12.2. The van der Waals surface area contributed by atoms with E-state index in [0.717, 1.165) is 37.5 Å². The highest BCUT2D eigenvalue weighted by Crippen LogP contribution is 2.60. The van der Waals surface area contributed by atoms with Crippen molar-refractivity contribution in [1.29, 1.82) is 0 Å². The molecule has 24 heavy (non-hydrogen) atoms. The van der Waals surface area contributed by atoms with Gasteiger partial charge in [0.15, 0.2) is 0 Å². The summed E-state index contributed by atoms with van der Waals surface area (Å²) in [4.78, 5) is 2.62. The highest BCUT2D eigenvalue weighted by atomic mass is 35.5. The molecule has 3 aliphatic rings. The molecule has 1 saturated heterocycles. The molecule has 2 aliphatic carbocycles. The number of piperidine rings is 1. The molecule has 2 atom stereocenters. The van der Waals surface area contributed by atoms with Gasteiger partial charge in [-0.25, -0.2) is 0 Å². The minimum Gasteiger partial charge on any atom is -0.328 e. The average Bonchev–Trinajstić information content (AvgIpc) is 3.09. The monoisotopic (exact) mass is 338 g/mol. The van der Waals surface area contributed by atoms with E-state index >= 15 is 0 Å². The van der Waals surface area contributed by atoms with Crippen LogP contribution in [0.25, 0.3) is 0 Å². The van der Waals surface area contributed by atoms with Crippen LogP contribution in [0.3, 0.4) is 0 Å². The van der Waals surface area contributed by atoms with E-state index in [4.69, 9.17) is 17.3 Å². The molecule has 0 saturated carbocycles. The summed E-state index contributed by atoms with van der Waals surface area (Å²) in [6.45, 7) is 3.33. The molecule has 3 heteroatoms. The van der Waals surface area contributed by atoms with Gasteiger partial charge in [-0.3, -0.25) is 0 Å². The first-order valence-electron chi connectivity index (χ1n) is 9.05. The van der Waals surface area contributed by atoms with E-state index in [1.54, 1.807) is 0 Å². The Morgan fingerprint density at radius 3 is 2.62 bits per heavy atom. The number of hydrogen-bond acceptors (Lipinski definition) is 2. The highest BCUT2D eigenvalue weighted by molar-refractivity contribution is 6.30. The lowest BCUT2D eigenvalue weighted by atomic mass is 9.74. The van der Waals surface area contributed by atoms with Crippen LogP contribution in [0.4, 0.5) is 0 Å². The largest absolute Gasteiger partial charge is 0.328 e. The van der Waals surface area contributed by atoms with Crippen molar-refractivity contribution in [1.82, 2.24) is 4.90 Å². The molecule has 2 N–H and O–H groups in total. The first-order chi connectivity index (χ1) is 11.7. The Labute approximate surface area is 148 Å². The van der Waals surface area contributed by atoms with Gasteiger partial charge in [0.2, 0.25) is 0 Å². The van der Waals surface area contributed by atoms with Crippen molar-refractivity contribution in [3.8, 4) is 0 Å². The molecule has 2 bridgehead atoms. The van der Waals surface area contributed by atoms with E-state index in [1.165, 1.54) is 28.7 Å². The fraction of sp³-hybridized carbons (Fsp3) is 0.429. The van der Waals surface area contributed by atoms with Crippen LogP contribution in [-0.2, 0) is 5.41 Å². The minimum atomic E-state index is 0.114. The molecule has 5 rings (SSSR count). The van der Waals surface area contributed by atoms with Gasteiger partial charge in [0, 0.05) is 28.9 Å². The summed E-state index contributed by atoms with van der Waals surface area (Å²) in [5.74, 6) is 0.542. The van der Waals surface area contributed by atoms with Crippen LogP contribution in [0.5, 0.6) is 0 Å². The Kier molecular flexibility index (Phi) is 3.31. The third kappa shape index (κ3) is 2.03. The summed E-state index contributed by atoms with van der Waals surface area (Å²) >= 11 is 6.38. The van der Waals surface area contributed by atoms with E-state index in [2.05, 4.69) is 47.4 Å².